The zero-order chi connectivity index (χ0) is 19.9. The van der Waals surface area contributed by atoms with Crippen LogP contribution >= 0.6 is 0 Å². The lowest BCUT2D eigenvalue weighted by atomic mass is 9.82. The molecule has 4 rings (SSSR count). The van der Waals surface area contributed by atoms with Gasteiger partial charge in [0.1, 0.15) is 17.5 Å². The van der Waals surface area contributed by atoms with Crippen LogP contribution < -0.4 is 0 Å². The Morgan fingerprint density at radius 1 is 1.29 bits per heavy atom. The fraction of sp³-hybridized carbons (Fsp3) is 0.636. The van der Waals surface area contributed by atoms with E-state index in [-0.39, 0.29) is 23.9 Å². The van der Waals surface area contributed by atoms with Crippen molar-refractivity contribution >= 4 is 12.0 Å². The Kier molecular flexibility index (Phi) is 5.06. The van der Waals surface area contributed by atoms with E-state index < -0.39 is 11.5 Å². The van der Waals surface area contributed by atoms with Gasteiger partial charge >= 0.3 is 6.09 Å². The zero-order valence-electron chi connectivity index (χ0n) is 16.9. The molecule has 0 aromatic rings. The number of carbonyl (C=O) groups excluding carboxylic acids is 1. The van der Waals surface area contributed by atoms with Gasteiger partial charge in [-0.1, -0.05) is 12.2 Å². The normalized spacial score (nSPS) is 30.1. The molecule has 0 aromatic heterocycles. The van der Waals surface area contributed by atoms with Crippen molar-refractivity contribution in [2.24, 2.45) is 22.7 Å². The molecule has 28 heavy (non-hydrogen) atoms. The van der Waals surface area contributed by atoms with E-state index in [0.29, 0.717) is 24.9 Å². The van der Waals surface area contributed by atoms with E-state index in [1.165, 1.54) is 0 Å². The van der Waals surface area contributed by atoms with Crippen LogP contribution in [0.2, 0.25) is 0 Å². The third-order valence-corrected chi connectivity index (χ3v) is 5.51. The molecule has 1 saturated carbocycles. The number of piperidine rings is 1. The molecule has 2 aliphatic heterocycles. The summed E-state index contributed by atoms with van der Waals surface area (Å²) in [6.45, 7) is 6.65. The third-order valence-electron chi connectivity index (χ3n) is 5.51. The lowest BCUT2D eigenvalue weighted by Crippen LogP contribution is -2.46. The molecule has 0 bridgehead atoms. The van der Waals surface area contributed by atoms with E-state index in [4.69, 9.17) is 9.47 Å². The second-order valence-electron chi connectivity index (χ2n) is 9.14. The van der Waals surface area contributed by atoms with Crippen molar-refractivity contribution in [2.45, 2.75) is 58.2 Å². The van der Waals surface area contributed by atoms with E-state index >= 15 is 0 Å². The summed E-state index contributed by atoms with van der Waals surface area (Å²) in [4.78, 5) is 18.4. The maximum Gasteiger partial charge on any atom is 0.410 e. The summed E-state index contributed by atoms with van der Waals surface area (Å²) in [5.74, 6) is 0.243. The van der Waals surface area contributed by atoms with E-state index in [9.17, 15) is 9.18 Å². The Bertz CT molecular complexity index is 758. The molecule has 0 spiro atoms. The average molecular weight is 388 g/mol. The van der Waals surface area contributed by atoms with Crippen LogP contribution in [0.1, 0.15) is 46.5 Å². The van der Waals surface area contributed by atoms with Gasteiger partial charge in [-0.3, -0.25) is 0 Å². The van der Waals surface area contributed by atoms with E-state index in [0.717, 1.165) is 31.3 Å². The standard InChI is InChI=1S/C22H29FN2O3/c1-22(2,3)28-21(26)25-10-4-5-17(13-25)27-20-19-15(8-9-24-20)11-16(12-18(19)23)14-6-7-14/h8-9,11-12,14-15,17,19H,4-7,10,13H2,1-3H3/t15?,17-,19?/m1/s1. The van der Waals surface area contributed by atoms with Gasteiger partial charge in [0.05, 0.1) is 12.5 Å². The number of ether oxygens (including phenoxy) is 2. The second kappa shape index (κ2) is 7.37. The van der Waals surface area contributed by atoms with Crippen molar-refractivity contribution in [1.82, 2.24) is 4.90 Å². The highest BCUT2D eigenvalue weighted by atomic mass is 19.1. The minimum absolute atomic E-state index is 0.0429. The van der Waals surface area contributed by atoms with Gasteiger partial charge in [0.15, 0.2) is 5.90 Å². The van der Waals surface area contributed by atoms with Crippen LogP contribution in [0, 0.1) is 17.8 Å². The highest BCUT2D eigenvalue weighted by Gasteiger charge is 2.39. The second-order valence-corrected chi connectivity index (χ2v) is 9.14. The average Bonchev–Trinajstić information content (AvgIpc) is 3.45. The van der Waals surface area contributed by atoms with E-state index in [1.54, 1.807) is 17.2 Å². The quantitative estimate of drug-likeness (QED) is 0.685. The summed E-state index contributed by atoms with van der Waals surface area (Å²) < 4.78 is 26.5. The monoisotopic (exact) mass is 388 g/mol. The number of carbonyl (C=O) groups is 1. The maximum atomic E-state index is 14.9. The van der Waals surface area contributed by atoms with Crippen molar-refractivity contribution in [2.75, 3.05) is 13.1 Å². The first-order chi connectivity index (χ1) is 13.3. The summed E-state index contributed by atoms with van der Waals surface area (Å²) in [6, 6.07) is 0. The Hall–Kier alpha value is -2.11. The minimum atomic E-state index is -0.530. The largest absolute Gasteiger partial charge is 0.475 e. The van der Waals surface area contributed by atoms with Gasteiger partial charge in [-0.25, -0.2) is 14.2 Å². The van der Waals surface area contributed by atoms with Gasteiger partial charge < -0.3 is 14.4 Å². The number of likely N-dealkylation sites (tertiary alicyclic amines) is 1. The third kappa shape index (κ3) is 4.31. The molecule has 1 amide bonds. The number of nitrogens with zero attached hydrogens (tertiary/aromatic N) is 2. The van der Waals surface area contributed by atoms with Gasteiger partial charge in [0.2, 0.25) is 0 Å². The highest BCUT2D eigenvalue weighted by Crippen LogP contribution is 2.44. The molecule has 152 valence electrons. The predicted molar refractivity (Wildman–Crippen MR) is 105 cm³/mol. The lowest BCUT2D eigenvalue weighted by molar-refractivity contribution is 0.00499. The van der Waals surface area contributed by atoms with Crippen LogP contribution in [-0.2, 0) is 9.47 Å². The summed E-state index contributed by atoms with van der Waals surface area (Å²) in [5, 5.41) is 0. The number of rotatable bonds is 2. The lowest BCUT2D eigenvalue weighted by Gasteiger charge is -2.36. The predicted octanol–water partition coefficient (Wildman–Crippen LogP) is 4.76. The summed E-state index contributed by atoms with van der Waals surface area (Å²) in [6.07, 6.45) is 10.9. The summed E-state index contributed by atoms with van der Waals surface area (Å²) >= 11 is 0. The van der Waals surface area contributed by atoms with Crippen LogP contribution in [0.15, 0.2) is 40.8 Å². The van der Waals surface area contributed by atoms with Gasteiger partial charge in [-0.05, 0) is 64.0 Å². The highest BCUT2D eigenvalue weighted by molar-refractivity contribution is 5.84. The van der Waals surface area contributed by atoms with Crippen LogP contribution in [0.25, 0.3) is 0 Å². The van der Waals surface area contributed by atoms with Crippen molar-refractivity contribution in [3.8, 4) is 0 Å². The number of hydrogen-bond donors (Lipinski definition) is 0. The van der Waals surface area contributed by atoms with Gasteiger partial charge in [0, 0.05) is 18.7 Å². The number of hydrogen-bond acceptors (Lipinski definition) is 4. The molecule has 0 aromatic carbocycles. The topological polar surface area (TPSA) is 51.1 Å². The Morgan fingerprint density at radius 2 is 2.07 bits per heavy atom. The van der Waals surface area contributed by atoms with E-state index in [1.807, 2.05) is 26.8 Å². The smallest absolute Gasteiger partial charge is 0.410 e. The van der Waals surface area contributed by atoms with Crippen LogP contribution in [-0.4, -0.2) is 41.7 Å². The Labute approximate surface area is 166 Å². The molecule has 1 saturated heterocycles. The van der Waals surface area contributed by atoms with Crippen molar-refractivity contribution < 1.29 is 18.7 Å². The van der Waals surface area contributed by atoms with Crippen molar-refractivity contribution in [3.05, 3.63) is 35.8 Å². The first-order valence-electron chi connectivity index (χ1n) is 10.3. The summed E-state index contributed by atoms with van der Waals surface area (Å²) in [7, 11) is 0. The molecule has 5 nitrogen and oxygen atoms in total. The van der Waals surface area contributed by atoms with Gasteiger partial charge in [-0.15, -0.1) is 0 Å². The number of fused-ring (bicyclic) bond motifs is 1. The zero-order valence-corrected chi connectivity index (χ0v) is 16.9. The minimum Gasteiger partial charge on any atom is -0.475 e. The molecule has 3 atom stereocenters. The molecular formula is C22H29FN2O3. The van der Waals surface area contributed by atoms with Crippen molar-refractivity contribution in [1.29, 1.82) is 0 Å². The molecule has 4 aliphatic rings. The number of allylic oxidation sites excluding steroid dienone is 4. The van der Waals surface area contributed by atoms with Crippen LogP contribution in [0.3, 0.4) is 0 Å². The fourth-order valence-electron chi connectivity index (χ4n) is 4.02. The molecule has 0 N–H and O–H groups in total. The number of amides is 1. The molecule has 6 heteroatoms. The van der Waals surface area contributed by atoms with E-state index in [2.05, 4.69) is 11.1 Å². The maximum absolute atomic E-state index is 14.9. The molecule has 0 radical (unpaired) electrons. The molecular weight excluding hydrogens is 359 g/mol. The first-order valence-corrected chi connectivity index (χ1v) is 10.3. The van der Waals surface area contributed by atoms with Gasteiger partial charge in [-0.2, -0.15) is 0 Å². The van der Waals surface area contributed by atoms with Crippen molar-refractivity contribution in [3.63, 3.8) is 0 Å². The number of halogens is 1. The molecule has 2 unspecified atom stereocenters. The fourth-order valence-corrected chi connectivity index (χ4v) is 4.02. The van der Waals surface area contributed by atoms with Gasteiger partial charge in [0.25, 0.3) is 0 Å². The Balaban J connectivity index is 1.41. The molecule has 2 aliphatic carbocycles. The van der Waals surface area contributed by atoms with Crippen LogP contribution in [0.5, 0.6) is 0 Å². The molecule has 2 fully saturated rings. The SMILES string of the molecule is CC(C)(C)OC(=O)N1CCC[C@@H](OC2=NC=CC3C=C(C4CC4)C=C(F)C23)C1. The van der Waals surface area contributed by atoms with Crippen LogP contribution in [0.4, 0.5) is 9.18 Å². The Morgan fingerprint density at radius 3 is 2.79 bits per heavy atom. The summed E-state index contributed by atoms with van der Waals surface area (Å²) in [5.41, 5.74) is 0.580. The first kappa shape index (κ1) is 19.2. The number of aliphatic imine (C=N–C) groups is 1. The molecule has 2 heterocycles.